The van der Waals surface area contributed by atoms with E-state index in [9.17, 15) is 16.8 Å². The van der Waals surface area contributed by atoms with Crippen LogP contribution in [0.25, 0.3) is 4.13 Å². The van der Waals surface area contributed by atoms with Gasteiger partial charge in [0.05, 0.1) is 14.9 Å². The molecule has 1 aromatic carbocycles. The Balaban J connectivity index is 1.62. The van der Waals surface area contributed by atoms with Crippen molar-refractivity contribution in [2.45, 2.75) is 156 Å². The zero-order chi connectivity index (χ0) is 25.9. The lowest BCUT2D eigenvalue weighted by Gasteiger charge is -2.36. The van der Waals surface area contributed by atoms with Crippen LogP contribution in [0.2, 0.25) is 0 Å². The van der Waals surface area contributed by atoms with E-state index in [1.165, 1.54) is 50.5 Å². The third kappa shape index (κ3) is 6.46. The fourth-order valence-electron chi connectivity index (χ4n) is 7.70. The summed E-state index contributed by atoms with van der Waals surface area (Å²) in [7, 11) is -8.42. The van der Waals surface area contributed by atoms with Crippen LogP contribution in [0.15, 0.2) is 17.0 Å². The Bertz CT molecular complexity index is 1080. The maximum absolute atomic E-state index is 14.2. The average Bonchev–Trinajstić information content (AvgIpc) is 2.94. The molecule has 4 saturated carbocycles. The standard InChI is InChI=1S/C30H46NO4S2/c32-36(33,27-19-11-4-12-20-27)31-37(34,35)30-28(24-15-7-2-8-16-24)21-26(23-13-5-1-6-14-23)22-29(30)25-17-9-3-10-18-25/h21-25,27H,1-20H2/q-1. The van der Waals surface area contributed by atoms with Crippen LogP contribution < -0.4 is 0 Å². The van der Waals surface area contributed by atoms with E-state index >= 15 is 0 Å². The SMILES string of the molecule is O=S(=O)([N-]S(=O)(=O)C1CCCCC1)c1c(C2CCCCC2)cc(C2CCCCC2)cc1C1CCCCC1. The molecule has 5 nitrogen and oxygen atoms in total. The molecule has 0 aromatic heterocycles. The van der Waals surface area contributed by atoms with Gasteiger partial charge in [0.2, 0.25) is 0 Å². The van der Waals surface area contributed by atoms with Gasteiger partial charge in [-0.05, 0) is 85.8 Å². The van der Waals surface area contributed by atoms with E-state index in [4.69, 9.17) is 0 Å². The molecule has 0 saturated heterocycles. The van der Waals surface area contributed by atoms with Gasteiger partial charge in [0.15, 0.2) is 0 Å². The summed E-state index contributed by atoms with van der Waals surface area (Å²) in [4.78, 5) is 0.283. The van der Waals surface area contributed by atoms with Crippen molar-refractivity contribution in [1.82, 2.24) is 0 Å². The lowest BCUT2D eigenvalue weighted by Crippen LogP contribution is -2.26. The van der Waals surface area contributed by atoms with Crippen LogP contribution in [0, 0.1) is 0 Å². The van der Waals surface area contributed by atoms with Gasteiger partial charge in [-0.3, -0.25) is 0 Å². The second kappa shape index (κ2) is 12.1. The van der Waals surface area contributed by atoms with Crippen LogP contribution in [0.3, 0.4) is 0 Å². The quantitative estimate of drug-likeness (QED) is 0.342. The Hall–Kier alpha value is -0.920. The van der Waals surface area contributed by atoms with Crippen molar-refractivity contribution in [1.29, 1.82) is 0 Å². The van der Waals surface area contributed by atoms with Gasteiger partial charge in [0, 0.05) is 5.25 Å². The van der Waals surface area contributed by atoms with Gasteiger partial charge >= 0.3 is 0 Å². The lowest BCUT2D eigenvalue weighted by atomic mass is 9.76. The van der Waals surface area contributed by atoms with Crippen molar-refractivity contribution < 1.29 is 16.8 Å². The highest BCUT2D eigenvalue weighted by atomic mass is 32.3. The lowest BCUT2D eigenvalue weighted by molar-refractivity contribution is 0.419. The molecule has 0 radical (unpaired) electrons. The monoisotopic (exact) mass is 548 g/mol. The van der Waals surface area contributed by atoms with Crippen LogP contribution in [0.4, 0.5) is 0 Å². The Morgan fingerprint density at radius 2 is 0.892 bits per heavy atom. The molecule has 0 atom stereocenters. The summed E-state index contributed by atoms with van der Waals surface area (Å²) in [6.45, 7) is 0. The number of benzene rings is 1. The van der Waals surface area contributed by atoms with Crippen molar-refractivity contribution >= 4 is 20.0 Å². The minimum Gasteiger partial charge on any atom is -0.432 e. The maximum Gasteiger partial charge on any atom is 0.112 e. The second-order valence-corrected chi connectivity index (χ2v) is 16.0. The summed E-state index contributed by atoms with van der Waals surface area (Å²) in [5.41, 5.74) is 3.09. The van der Waals surface area contributed by atoms with Crippen molar-refractivity contribution in [3.8, 4) is 0 Å². The number of hydrogen-bond donors (Lipinski definition) is 0. The molecule has 4 aliphatic carbocycles. The summed E-state index contributed by atoms with van der Waals surface area (Å²) in [5.74, 6) is 0.840. The van der Waals surface area contributed by atoms with E-state index in [0.29, 0.717) is 18.8 Å². The highest BCUT2D eigenvalue weighted by molar-refractivity contribution is 8.12. The van der Waals surface area contributed by atoms with Crippen molar-refractivity contribution in [2.75, 3.05) is 0 Å². The van der Waals surface area contributed by atoms with Gasteiger partial charge in [-0.15, -0.1) is 0 Å². The molecule has 0 N–H and O–H groups in total. The highest BCUT2D eigenvalue weighted by Gasteiger charge is 2.32. The van der Waals surface area contributed by atoms with Crippen LogP contribution in [-0.2, 0) is 20.0 Å². The Kier molecular flexibility index (Phi) is 9.02. The minimum absolute atomic E-state index is 0.178. The van der Waals surface area contributed by atoms with E-state index in [2.05, 4.69) is 16.3 Å². The van der Waals surface area contributed by atoms with Gasteiger partial charge < -0.3 is 4.13 Å². The summed E-state index contributed by atoms with van der Waals surface area (Å²) >= 11 is 0. The van der Waals surface area contributed by atoms with Gasteiger partial charge in [-0.2, -0.15) is 0 Å². The first kappa shape index (κ1) is 27.6. The topological polar surface area (TPSA) is 82.4 Å². The molecule has 0 amide bonds. The fraction of sp³-hybridized carbons (Fsp3) is 0.800. The first-order valence-corrected chi connectivity index (χ1v) is 18.2. The number of hydrogen-bond acceptors (Lipinski definition) is 4. The van der Waals surface area contributed by atoms with Gasteiger partial charge in [0.1, 0.15) is 10.0 Å². The molecule has 4 aliphatic rings. The van der Waals surface area contributed by atoms with E-state index in [0.717, 1.165) is 81.8 Å². The minimum atomic E-state index is -4.34. The smallest absolute Gasteiger partial charge is 0.112 e. The molecule has 0 bridgehead atoms. The summed E-state index contributed by atoms with van der Waals surface area (Å²) in [5, 5.41) is -0.659. The molecule has 208 valence electrons. The molecule has 1 aromatic rings. The predicted octanol–water partition coefficient (Wildman–Crippen LogP) is 8.55. The third-order valence-corrected chi connectivity index (χ3v) is 13.7. The summed E-state index contributed by atoms with van der Waals surface area (Å²) in [6.07, 6.45) is 20.5. The summed E-state index contributed by atoms with van der Waals surface area (Å²) in [6, 6.07) is 4.38. The first-order chi connectivity index (χ1) is 17.9. The zero-order valence-corrected chi connectivity index (χ0v) is 24.1. The van der Waals surface area contributed by atoms with E-state index in [1.807, 2.05) is 0 Å². The van der Waals surface area contributed by atoms with Crippen molar-refractivity contribution in [2.24, 2.45) is 0 Å². The first-order valence-electron chi connectivity index (χ1n) is 15.3. The van der Waals surface area contributed by atoms with Crippen molar-refractivity contribution in [3.05, 3.63) is 33.0 Å². The predicted molar refractivity (Wildman–Crippen MR) is 150 cm³/mol. The molecule has 0 heterocycles. The number of sulfonamides is 2. The average molecular weight is 549 g/mol. The normalized spacial score (nSPS) is 24.3. The second-order valence-electron chi connectivity index (χ2n) is 12.4. The van der Waals surface area contributed by atoms with Gasteiger partial charge in [0.25, 0.3) is 0 Å². The third-order valence-electron chi connectivity index (χ3n) is 9.77. The maximum atomic E-state index is 14.2. The molecule has 37 heavy (non-hydrogen) atoms. The van der Waals surface area contributed by atoms with Crippen LogP contribution in [-0.4, -0.2) is 22.1 Å². The molecular formula is C30H46NO4S2-. The van der Waals surface area contributed by atoms with Crippen LogP contribution in [0.1, 0.15) is 163 Å². The molecule has 0 unspecified atom stereocenters. The highest BCUT2D eigenvalue weighted by Crippen LogP contribution is 2.47. The van der Waals surface area contributed by atoms with E-state index in [-0.39, 0.29) is 16.7 Å². The van der Waals surface area contributed by atoms with E-state index < -0.39 is 25.3 Å². The Morgan fingerprint density at radius 1 is 0.514 bits per heavy atom. The fourth-order valence-corrected chi connectivity index (χ4v) is 11.6. The number of nitrogens with zero attached hydrogens (tertiary/aromatic N) is 1. The van der Waals surface area contributed by atoms with E-state index in [1.54, 1.807) is 0 Å². The molecule has 4 fully saturated rings. The number of rotatable bonds is 7. The Morgan fingerprint density at radius 3 is 1.32 bits per heavy atom. The molecule has 0 aliphatic heterocycles. The molecule has 7 heteroatoms. The van der Waals surface area contributed by atoms with Gasteiger partial charge in [-0.25, -0.2) is 16.8 Å². The summed E-state index contributed by atoms with van der Waals surface area (Å²) < 4.78 is 58.8. The molecule has 5 rings (SSSR count). The van der Waals surface area contributed by atoms with Gasteiger partial charge in [-0.1, -0.05) is 89.2 Å². The van der Waals surface area contributed by atoms with Crippen LogP contribution in [0.5, 0.6) is 0 Å². The largest absolute Gasteiger partial charge is 0.432 e. The van der Waals surface area contributed by atoms with Crippen LogP contribution >= 0.6 is 0 Å². The molecular weight excluding hydrogens is 502 g/mol. The van der Waals surface area contributed by atoms with Crippen molar-refractivity contribution in [3.63, 3.8) is 0 Å². The zero-order valence-electron chi connectivity index (χ0n) is 22.5. The molecule has 0 spiro atoms. The Labute approximate surface area is 225 Å².